The van der Waals surface area contributed by atoms with Gasteiger partial charge in [0.05, 0.1) is 14.2 Å². The predicted octanol–water partition coefficient (Wildman–Crippen LogP) is 3.31. The molecule has 2 aliphatic rings. The summed E-state index contributed by atoms with van der Waals surface area (Å²) in [5.74, 6) is 1.40. The standard InChI is InChI=1S/C20H20N2O7/c1-21-17(11-7-5-9-13(25-3)15(11)27-19(21)23)29-18-12-8-6-10-14(26-4)16(12)28-20(24)22(18)2/h5-10,17-18H,1-4H3/t17-,18+. The number of ether oxygens (including phenoxy) is 5. The number of carbonyl (C=O) groups is 2. The largest absolute Gasteiger partial charge is 0.493 e. The van der Waals surface area contributed by atoms with Crippen molar-refractivity contribution < 1.29 is 33.3 Å². The van der Waals surface area contributed by atoms with Gasteiger partial charge in [0.1, 0.15) is 0 Å². The summed E-state index contributed by atoms with van der Waals surface area (Å²) in [7, 11) is 6.10. The minimum Gasteiger partial charge on any atom is -0.493 e. The van der Waals surface area contributed by atoms with E-state index in [-0.39, 0.29) is 11.5 Å². The van der Waals surface area contributed by atoms with E-state index in [0.717, 1.165) is 0 Å². The Hall–Kier alpha value is -3.46. The first-order valence-corrected chi connectivity index (χ1v) is 8.84. The average molecular weight is 400 g/mol. The van der Waals surface area contributed by atoms with Crippen LogP contribution in [0.4, 0.5) is 9.59 Å². The number of nitrogens with zero attached hydrogens (tertiary/aromatic N) is 2. The number of amides is 2. The maximum Gasteiger partial charge on any atom is 0.417 e. The summed E-state index contributed by atoms with van der Waals surface area (Å²) in [6.07, 6.45) is -2.84. The summed E-state index contributed by atoms with van der Waals surface area (Å²) in [4.78, 5) is 27.5. The topological polar surface area (TPSA) is 86.8 Å². The third-order valence-electron chi connectivity index (χ3n) is 4.91. The lowest BCUT2D eigenvalue weighted by Gasteiger charge is -2.40. The number of carbonyl (C=O) groups excluding carboxylic acids is 2. The highest BCUT2D eigenvalue weighted by Crippen LogP contribution is 2.46. The van der Waals surface area contributed by atoms with Crippen molar-refractivity contribution in [3.8, 4) is 23.0 Å². The molecule has 0 N–H and O–H groups in total. The van der Waals surface area contributed by atoms with Crippen LogP contribution < -0.4 is 18.9 Å². The quantitative estimate of drug-likeness (QED) is 0.778. The van der Waals surface area contributed by atoms with Crippen molar-refractivity contribution in [1.82, 2.24) is 9.80 Å². The van der Waals surface area contributed by atoms with Crippen molar-refractivity contribution in [1.29, 1.82) is 0 Å². The number of para-hydroxylation sites is 2. The van der Waals surface area contributed by atoms with E-state index in [4.69, 9.17) is 23.7 Å². The van der Waals surface area contributed by atoms with E-state index in [0.29, 0.717) is 22.6 Å². The summed E-state index contributed by atoms with van der Waals surface area (Å²) in [5.41, 5.74) is 1.20. The highest BCUT2D eigenvalue weighted by Gasteiger charge is 2.41. The zero-order valence-corrected chi connectivity index (χ0v) is 16.4. The molecular weight excluding hydrogens is 380 g/mol. The molecule has 9 heteroatoms. The molecule has 0 saturated heterocycles. The van der Waals surface area contributed by atoms with Gasteiger partial charge in [-0.2, -0.15) is 0 Å². The van der Waals surface area contributed by atoms with Gasteiger partial charge >= 0.3 is 12.2 Å². The highest BCUT2D eigenvalue weighted by atomic mass is 16.6. The van der Waals surface area contributed by atoms with Gasteiger partial charge in [0.2, 0.25) is 0 Å². The third kappa shape index (κ3) is 2.99. The molecule has 0 saturated carbocycles. The number of hydrogen-bond donors (Lipinski definition) is 0. The van der Waals surface area contributed by atoms with Crippen molar-refractivity contribution in [2.45, 2.75) is 12.5 Å². The molecule has 2 aromatic rings. The second-order valence-corrected chi connectivity index (χ2v) is 6.56. The molecule has 0 unspecified atom stereocenters. The summed E-state index contributed by atoms with van der Waals surface area (Å²) in [5, 5.41) is 0. The lowest BCUT2D eigenvalue weighted by molar-refractivity contribution is -0.141. The second-order valence-electron chi connectivity index (χ2n) is 6.56. The minimum atomic E-state index is -0.821. The lowest BCUT2D eigenvalue weighted by atomic mass is 10.1. The molecule has 0 aliphatic carbocycles. The van der Waals surface area contributed by atoms with Crippen molar-refractivity contribution in [3.05, 3.63) is 47.5 Å². The van der Waals surface area contributed by atoms with E-state index in [9.17, 15) is 9.59 Å². The normalized spacial score (nSPS) is 20.4. The van der Waals surface area contributed by atoms with Gasteiger partial charge in [-0.1, -0.05) is 24.3 Å². The van der Waals surface area contributed by atoms with Gasteiger partial charge < -0.3 is 23.7 Å². The summed E-state index contributed by atoms with van der Waals surface area (Å²) >= 11 is 0. The second kappa shape index (κ2) is 7.17. The van der Waals surface area contributed by atoms with Gasteiger partial charge in [-0.25, -0.2) is 9.59 Å². The van der Waals surface area contributed by atoms with Crippen molar-refractivity contribution in [2.24, 2.45) is 0 Å². The molecule has 0 spiro atoms. The average Bonchev–Trinajstić information content (AvgIpc) is 2.73. The Balaban J connectivity index is 1.78. The van der Waals surface area contributed by atoms with Gasteiger partial charge in [-0.05, 0) is 12.1 Å². The van der Waals surface area contributed by atoms with Crippen LogP contribution in [0, 0.1) is 0 Å². The molecule has 9 nitrogen and oxygen atoms in total. The Bertz CT molecular complexity index is 900. The first-order valence-electron chi connectivity index (χ1n) is 8.84. The molecule has 152 valence electrons. The molecule has 2 heterocycles. The Morgan fingerprint density at radius 3 is 1.55 bits per heavy atom. The zero-order valence-electron chi connectivity index (χ0n) is 16.4. The van der Waals surface area contributed by atoms with Crippen LogP contribution in [0.25, 0.3) is 0 Å². The summed E-state index contributed by atoms with van der Waals surface area (Å²) < 4.78 is 27.7. The summed E-state index contributed by atoms with van der Waals surface area (Å²) in [6, 6.07) is 10.5. The zero-order chi connectivity index (χ0) is 20.7. The van der Waals surface area contributed by atoms with Crippen LogP contribution in [0.15, 0.2) is 36.4 Å². The van der Waals surface area contributed by atoms with Crippen molar-refractivity contribution >= 4 is 12.2 Å². The van der Waals surface area contributed by atoms with Crippen LogP contribution in [0.2, 0.25) is 0 Å². The fourth-order valence-electron chi connectivity index (χ4n) is 3.37. The molecule has 0 bridgehead atoms. The van der Waals surface area contributed by atoms with Gasteiger partial charge in [0, 0.05) is 25.2 Å². The fraction of sp³-hybridized carbons (Fsp3) is 0.300. The van der Waals surface area contributed by atoms with Crippen LogP contribution in [0.3, 0.4) is 0 Å². The Labute approximate surface area is 167 Å². The predicted molar refractivity (Wildman–Crippen MR) is 100 cm³/mol. The van der Waals surface area contributed by atoms with E-state index in [1.165, 1.54) is 24.0 Å². The van der Waals surface area contributed by atoms with Crippen molar-refractivity contribution in [3.63, 3.8) is 0 Å². The molecule has 0 fully saturated rings. The lowest BCUT2D eigenvalue weighted by Crippen LogP contribution is -2.44. The Morgan fingerprint density at radius 1 is 0.759 bits per heavy atom. The van der Waals surface area contributed by atoms with Crippen LogP contribution >= 0.6 is 0 Å². The monoisotopic (exact) mass is 400 g/mol. The van der Waals surface area contributed by atoms with E-state index in [1.54, 1.807) is 50.5 Å². The fourth-order valence-corrected chi connectivity index (χ4v) is 3.37. The number of benzene rings is 2. The summed E-state index contributed by atoms with van der Waals surface area (Å²) in [6.45, 7) is 0. The van der Waals surface area contributed by atoms with Crippen LogP contribution in [-0.2, 0) is 4.74 Å². The highest BCUT2D eigenvalue weighted by molar-refractivity contribution is 5.76. The molecule has 2 atom stereocenters. The van der Waals surface area contributed by atoms with Crippen LogP contribution in [0.5, 0.6) is 23.0 Å². The van der Waals surface area contributed by atoms with Gasteiger partial charge in [0.15, 0.2) is 35.5 Å². The molecule has 4 rings (SSSR count). The van der Waals surface area contributed by atoms with E-state index in [1.807, 2.05) is 0 Å². The smallest absolute Gasteiger partial charge is 0.417 e. The number of methoxy groups -OCH3 is 2. The Morgan fingerprint density at radius 2 is 1.17 bits per heavy atom. The third-order valence-corrected chi connectivity index (χ3v) is 4.91. The van der Waals surface area contributed by atoms with Gasteiger partial charge in [-0.15, -0.1) is 0 Å². The van der Waals surface area contributed by atoms with E-state index >= 15 is 0 Å². The first kappa shape index (κ1) is 18.9. The maximum absolute atomic E-state index is 12.4. The van der Waals surface area contributed by atoms with Crippen LogP contribution in [0.1, 0.15) is 23.6 Å². The maximum atomic E-state index is 12.4. The van der Waals surface area contributed by atoms with Gasteiger partial charge in [-0.3, -0.25) is 9.80 Å². The Kier molecular flexibility index (Phi) is 4.67. The molecule has 2 aliphatic heterocycles. The molecule has 2 amide bonds. The molecule has 29 heavy (non-hydrogen) atoms. The SMILES string of the molecule is COc1cccc2c1OC(=O)N(C)[C@@H]2O[C@H]1c2cccc(OC)c2OC(=O)N1C. The molecule has 0 radical (unpaired) electrons. The molecule has 0 aromatic heterocycles. The molecular formula is C20H20N2O7. The van der Waals surface area contributed by atoms with Gasteiger partial charge in [0.25, 0.3) is 0 Å². The van der Waals surface area contributed by atoms with Crippen LogP contribution in [-0.4, -0.2) is 50.3 Å². The first-order chi connectivity index (χ1) is 14.0. The number of fused-ring (bicyclic) bond motifs is 2. The minimum absolute atomic E-state index is 0.287. The molecule has 2 aromatic carbocycles. The van der Waals surface area contributed by atoms with Crippen molar-refractivity contribution in [2.75, 3.05) is 28.3 Å². The number of rotatable bonds is 4. The number of hydrogen-bond acceptors (Lipinski definition) is 7. The van der Waals surface area contributed by atoms with E-state index in [2.05, 4.69) is 0 Å². The van der Waals surface area contributed by atoms with E-state index < -0.39 is 24.6 Å².